The Morgan fingerprint density at radius 1 is 1.33 bits per heavy atom. The van der Waals surface area contributed by atoms with Gasteiger partial charge >= 0.3 is 0 Å². The fraction of sp³-hybridized carbons (Fsp3) is 0.562. The van der Waals surface area contributed by atoms with Crippen LogP contribution in [-0.2, 0) is 11.2 Å². The second-order valence-electron chi connectivity index (χ2n) is 5.89. The van der Waals surface area contributed by atoms with Gasteiger partial charge in [-0.05, 0) is 43.1 Å². The number of rotatable bonds is 3. The number of benzene rings is 1. The molecule has 1 aliphatic heterocycles. The molecule has 0 saturated carbocycles. The quantitative estimate of drug-likeness (QED) is 0.895. The second kappa shape index (κ2) is 6.03. The number of ether oxygens (including phenoxy) is 1. The summed E-state index contributed by atoms with van der Waals surface area (Å²) in [6, 6.07) is 5.69. The average Bonchev–Trinajstić information content (AvgIpc) is 2.86. The molecule has 1 N–H and O–H groups in total. The van der Waals surface area contributed by atoms with Crippen LogP contribution in [0.4, 0.5) is 0 Å². The first-order chi connectivity index (χ1) is 10.1. The van der Waals surface area contributed by atoms with Crippen LogP contribution in [0.3, 0.4) is 0 Å². The molecule has 1 aromatic carbocycles. The van der Waals surface area contributed by atoms with Crippen LogP contribution in [0, 0.1) is 0 Å². The molecule has 21 heavy (non-hydrogen) atoms. The van der Waals surface area contributed by atoms with E-state index in [2.05, 4.69) is 11.9 Å². The molecule has 1 atom stereocenters. The number of hydrogen-bond donors (Lipinski definition) is 1. The van der Waals surface area contributed by atoms with E-state index >= 15 is 0 Å². The van der Waals surface area contributed by atoms with Gasteiger partial charge in [-0.15, -0.1) is 0 Å². The second-order valence-corrected chi connectivity index (χ2v) is 5.89. The van der Waals surface area contributed by atoms with Gasteiger partial charge in [0.05, 0.1) is 6.10 Å². The minimum absolute atomic E-state index is 0.0450. The molecule has 1 heterocycles. The van der Waals surface area contributed by atoms with Crippen molar-refractivity contribution in [1.82, 2.24) is 9.80 Å². The fourth-order valence-electron chi connectivity index (χ4n) is 2.95. The molecule has 2 aliphatic rings. The van der Waals surface area contributed by atoms with Crippen molar-refractivity contribution >= 4 is 5.91 Å². The van der Waals surface area contributed by atoms with E-state index in [1.807, 2.05) is 23.1 Å². The number of hydrogen-bond acceptors (Lipinski definition) is 4. The van der Waals surface area contributed by atoms with Gasteiger partial charge in [-0.2, -0.15) is 0 Å². The molecule has 1 unspecified atom stereocenters. The lowest BCUT2D eigenvalue weighted by Crippen LogP contribution is -2.48. The molecule has 1 amide bonds. The van der Waals surface area contributed by atoms with Crippen molar-refractivity contribution in [3.8, 4) is 5.75 Å². The molecule has 3 rings (SSSR count). The lowest BCUT2D eigenvalue weighted by atomic mass is 10.1. The number of nitrogens with zero attached hydrogens (tertiary/aromatic N) is 2. The summed E-state index contributed by atoms with van der Waals surface area (Å²) in [6.07, 6.45) is 1.31. The molecule has 5 nitrogen and oxygen atoms in total. The number of likely N-dealkylation sites (N-methyl/N-ethyl adjacent to an activating group) is 1. The van der Waals surface area contributed by atoms with Gasteiger partial charge in [-0.25, -0.2) is 0 Å². The number of aryl methyl sites for hydroxylation is 1. The van der Waals surface area contributed by atoms with Crippen molar-refractivity contribution in [2.45, 2.75) is 18.9 Å². The zero-order valence-electron chi connectivity index (χ0n) is 12.4. The van der Waals surface area contributed by atoms with Crippen LogP contribution in [0.1, 0.15) is 23.7 Å². The lowest BCUT2D eigenvalue weighted by molar-refractivity contribution is -0.134. The highest BCUT2D eigenvalue weighted by Gasteiger charge is 2.22. The van der Waals surface area contributed by atoms with Crippen molar-refractivity contribution in [1.29, 1.82) is 0 Å². The maximum absolute atomic E-state index is 12.1. The van der Waals surface area contributed by atoms with Crippen LogP contribution in [0.5, 0.6) is 5.75 Å². The summed E-state index contributed by atoms with van der Waals surface area (Å²) in [5.74, 6) is 0.758. The van der Waals surface area contributed by atoms with E-state index in [1.165, 1.54) is 0 Å². The molecule has 1 saturated heterocycles. The van der Waals surface area contributed by atoms with Gasteiger partial charge in [0.2, 0.25) is 0 Å². The van der Waals surface area contributed by atoms with Crippen LogP contribution in [0.2, 0.25) is 0 Å². The first-order valence-electron chi connectivity index (χ1n) is 7.53. The molecule has 1 fully saturated rings. The van der Waals surface area contributed by atoms with Crippen LogP contribution >= 0.6 is 0 Å². The van der Waals surface area contributed by atoms with Crippen molar-refractivity contribution in [3.63, 3.8) is 0 Å². The summed E-state index contributed by atoms with van der Waals surface area (Å²) in [4.78, 5) is 16.2. The Balaban J connectivity index is 1.54. The molecule has 114 valence electrons. The number of amides is 1. The fourth-order valence-corrected chi connectivity index (χ4v) is 2.95. The van der Waals surface area contributed by atoms with E-state index < -0.39 is 0 Å². The molecule has 0 radical (unpaired) electrons. The van der Waals surface area contributed by atoms with E-state index in [4.69, 9.17) is 4.74 Å². The van der Waals surface area contributed by atoms with E-state index in [-0.39, 0.29) is 18.6 Å². The van der Waals surface area contributed by atoms with E-state index in [1.54, 1.807) is 0 Å². The minimum Gasteiger partial charge on any atom is -0.484 e. The van der Waals surface area contributed by atoms with E-state index in [9.17, 15) is 9.90 Å². The van der Waals surface area contributed by atoms with Gasteiger partial charge in [0.1, 0.15) is 5.75 Å². The largest absolute Gasteiger partial charge is 0.484 e. The summed E-state index contributed by atoms with van der Waals surface area (Å²) >= 11 is 0. The summed E-state index contributed by atoms with van der Waals surface area (Å²) < 4.78 is 5.62. The maximum Gasteiger partial charge on any atom is 0.260 e. The maximum atomic E-state index is 12.1. The Hall–Kier alpha value is -1.59. The Morgan fingerprint density at radius 2 is 2.10 bits per heavy atom. The van der Waals surface area contributed by atoms with Crippen molar-refractivity contribution in [3.05, 3.63) is 29.3 Å². The Morgan fingerprint density at radius 3 is 2.86 bits per heavy atom. The third-order valence-electron chi connectivity index (χ3n) is 4.38. The number of piperazine rings is 1. The monoisotopic (exact) mass is 290 g/mol. The van der Waals surface area contributed by atoms with Crippen molar-refractivity contribution < 1.29 is 14.6 Å². The Labute approximate surface area is 125 Å². The zero-order valence-corrected chi connectivity index (χ0v) is 12.4. The Bertz CT molecular complexity index is 524. The summed E-state index contributed by atoms with van der Waals surface area (Å²) in [5.41, 5.74) is 2.12. The number of aliphatic hydroxyl groups is 1. The predicted molar refractivity (Wildman–Crippen MR) is 79.3 cm³/mol. The number of aliphatic hydroxyl groups excluding tert-OH is 1. The van der Waals surface area contributed by atoms with E-state index in [0.29, 0.717) is 5.75 Å². The predicted octanol–water partition coefficient (Wildman–Crippen LogP) is 0.819. The summed E-state index contributed by atoms with van der Waals surface area (Å²) in [5, 5.41) is 9.78. The van der Waals surface area contributed by atoms with Gasteiger partial charge < -0.3 is 19.6 Å². The minimum atomic E-state index is -0.346. The highest BCUT2D eigenvalue weighted by Crippen LogP contribution is 2.33. The smallest absolute Gasteiger partial charge is 0.260 e. The average molecular weight is 290 g/mol. The molecule has 5 heteroatoms. The molecule has 0 bridgehead atoms. The zero-order chi connectivity index (χ0) is 14.8. The molecule has 1 aliphatic carbocycles. The molecule has 1 aromatic rings. The first kappa shape index (κ1) is 14.4. The van der Waals surface area contributed by atoms with Crippen LogP contribution in [-0.4, -0.2) is 60.6 Å². The summed E-state index contributed by atoms with van der Waals surface area (Å²) in [6.45, 7) is 3.47. The third-order valence-corrected chi connectivity index (χ3v) is 4.38. The molecular weight excluding hydrogens is 268 g/mol. The van der Waals surface area contributed by atoms with Crippen molar-refractivity contribution in [2.75, 3.05) is 39.8 Å². The number of fused-ring (bicyclic) bond motifs is 1. The van der Waals surface area contributed by atoms with Gasteiger partial charge in [0.15, 0.2) is 6.61 Å². The van der Waals surface area contributed by atoms with Crippen molar-refractivity contribution in [2.24, 2.45) is 0 Å². The SMILES string of the molecule is CN1CCN(C(=O)COc2ccc3c(c2)CCC3O)CC1. The van der Waals surface area contributed by atoms with Gasteiger partial charge in [-0.3, -0.25) is 4.79 Å². The molecular formula is C16H22N2O3. The molecule has 0 spiro atoms. The highest BCUT2D eigenvalue weighted by molar-refractivity contribution is 5.77. The Kier molecular flexibility index (Phi) is 4.12. The first-order valence-corrected chi connectivity index (χ1v) is 7.53. The molecule has 0 aromatic heterocycles. The van der Waals surface area contributed by atoms with Gasteiger partial charge in [0.25, 0.3) is 5.91 Å². The van der Waals surface area contributed by atoms with Crippen LogP contribution in [0.15, 0.2) is 18.2 Å². The lowest BCUT2D eigenvalue weighted by Gasteiger charge is -2.32. The van der Waals surface area contributed by atoms with E-state index in [0.717, 1.165) is 50.1 Å². The summed E-state index contributed by atoms with van der Waals surface area (Å²) in [7, 11) is 2.07. The third kappa shape index (κ3) is 3.19. The topological polar surface area (TPSA) is 53.0 Å². The number of carbonyl (C=O) groups excluding carboxylic acids is 1. The highest BCUT2D eigenvalue weighted by atomic mass is 16.5. The number of carbonyl (C=O) groups is 1. The standard InChI is InChI=1S/C16H22N2O3/c1-17-6-8-18(9-7-17)16(20)11-21-13-3-4-14-12(10-13)2-5-15(14)19/h3-4,10,15,19H,2,5-9,11H2,1H3. The normalized spacial score (nSPS) is 22.2. The van der Waals surface area contributed by atoms with Gasteiger partial charge in [-0.1, -0.05) is 6.07 Å². The van der Waals surface area contributed by atoms with Gasteiger partial charge in [0, 0.05) is 26.2 Å². The van der Waals surface area contributed by atoms with Crippen LogP contribution in [0.25, 0.3) is 0 Å². The van der Waals surface area contributed by atoms with Crippen LogP contribution < -0.4 is 4.74 Å².